The molecule has 3 N–H and O–H groups in total. The number of nitrogens with zero attached hydrogens (tertiary/aromatic N) is 2. The fourth-order valence-electron chi connectivity index (χ4n) is 2.34. The lowest BCUT2D eigenvalue weighted by molar-refractivity contribution is 0.262. The second-order valence-corrected chi connectivity index (χ2v) is 6.12. The number of amides is 2. The van der Waals surface area contributed by atoms with Crippen LogP contribution in [0.1, 0.15) is 5.56 Å². The highest BCUT2D eigenvalue weighted by Crippen LogP contribution is 2.22. The molecule has 8 heteroatoms. The third-order valence-corrected chi connectivity index (χ3v) is 3.93. The molecule has 0 unspecified atom stereocenters. The molecule has 2 aromatic carbocycles. The smallest absolute Gasteiger partial charge is 0.324 e. The van der Waals surface area contributed by atoms with Crippen LogP contribution in [0.25, 0.3) is 0 Å². The van der Waals surface area contributed by atoms with Gasteiger partial charge in [-0.1, -0.05) is 23.7 Å². The molecule has 0 aliphatic heterocycles. The molecule has 0 aliphatic carbocycles. The summed E-state index contributed by atoms with van der Waals surface area (Å²) >= 11 is 5.98. The average molecular weight is 384 g/mol. The zero-order valence-electron chi connectivity index (χ0n) is 14.8. The van der Waals surface area contributed by atoms with E-state index >= 15 is 0 Å². The van der Waals surface area contributed by atoms with E-state index in [0.717, 1.165) is 11.3 Å². The van der Waals surface area contributed by atoms with Crippen LogP contribution in [0.4, 0.5) is 27.8 Å². The van der Waals surface area contributed by atoms with Gasteiger partial charge in [0.2, 0.25) is 0 Å². The third-order valence-electron chi connectivity index (χ3n) is 3.70. The first kappa shape index (κ1) is 18.5. The molecule has 0 bridgehead atoms. The molecule has 0 saturated carbocycles. The van der Waals surface area contributed by atoms with Gasteiger partial charge in [0.05, 0.1) is 7.11 Å². The Morgan fingerprint density at radius 1 is 1.04 bits per heavy atom. The van der Waals surface area contributed by atoms with E-state index in [9.17, 15) is 4.79 Å². The number of rotatable bonds is 5. The van der Waals surface area contributed by atoms with Gasteiger partial charge in [-0.2, -0.15) is 0 Å². The van der Waals surface area contributed by atoms with Crippen LogP contribution in [0.3, 0.4) is 0 Å². The van der Waals surface area contributed by atoms with Crippen molar-refractivity contribution in [2.45, 2.75) is 6.92 Å². The number of ether oxygens (including phenoxy) is 1. The minimum atomic E-state index is -0.418. The topological polar surface area (TPSA) is 88.2 Å². The van der Waals surface area contributed by atoms with Gasteiger partial charge in [-0.15, -0.1) is 0 Å². The molecule has 0 saturated heterocycles. The van der Waals surface area contributed by atoms with Crippen molar-refractivity contribution < 1.29 is 9.53 Å². The summed E-state index contributed by atoms with van der Waals surface area (Å²) in [5, 5.41) is 9.19. The van der Waals surface area contributed by atoms with Crippen molar-refractivity contribution in [1.82, 2.24) is 9.97 Å². The van der Waals surface area contributed by atoms with Crippen molar-refractivity contribution >= 4 is 40.6 Å². The summed E-state index contributed by atoms with van der Waals surface area (Å²) in [6.07, 6.45) is 1.36. The first-order chi connectivity index (χ1) is 13.0. The minimum Gasteiger partial charge on any atom is -0.497 e. The van der Waals surface area contributed by atoms with Gasteiger partial charge in [0, 0.05) is 28.5 Å². The molecule has 3 rings (SSSR count). The zero-order valence-corrected chi connectivity index (χ0v) is 15.5. The number of methoxy groups -OCH3 is 1. The van der Waals surface area contributed by atoms with Crippen LogP contribution in [0.5, 0.6) is 5.75 Å². The fourth-order valence-corrected chi connectivity index (χ4v) is 2.53. The second-order valence-electron chi connectivity index (χ2n) is 5.68. The third kappa shape index (κ3) is 5.08. The average Bonchev–Trinajstić information content (AvgIpc) is 2.64. The van der Waals surface area contributed by atoms with Crippen molar-refractivity contribution in [3.63, 3.8) is 0 Å². The van der Waals surface area contributed by atoms with Crippen LogP contribution in [0.15, 0.2) is 54.9 Å². The van der Waals surface area contributed by atoms with Gasteiger partial charge in [0.1, 0.15) is 23.7 Å². The second kappa shape index (κ2) is 8.37. The Morgan fingerprint density at radius 3 is 2.63 bits per heavy atom. The van der Waals surface area contributed by atoms with E-state index in [1.54, 1.807) is 31.4 Å². The van der Waals surface area contributed by atoms with Gasteiger partial charge in [-0.25, -0.2) is 14.8 Å². The molecule has 1 heterocycles. The Morgan fingerprint density at radius 2 is 1.85 bits per heavy atom. The van der Waals surface area contributed by atoms with Crippen molar-refractivity contribution in [2.24, 2.45) is 0 Å². The number of hydrogen-bond donors (Lipinski definition) is 3. The van der Waals surface area contributed by atoms with Crippen LogP contribution in [-0.4, -0.2) is 23.1 Å². The van der Waals surface area contributed by atoms with Gasteiger partial charge >= 0.3 is 6.03 Å². The van der Waals surface area contributed by atoms with Crippen molar-refractivity contribution in [3.05, 3.63) is 65.4 Å². The Hall–Kier alpha value is -3.32. The fraction of sp³-hybridized carbons (Fsp3) is 0.105. The van der Waals surface area contributed by atoms with E-state index < -0.39 is 6.03 Å². The Kier molecular flexibility index (Phi) is 5.73. The maximum atomic E-state index is 12.3. The molecule has 1 aromatic heterocycles. The number of urea groups is 1. The Labute approximate surface area is 161 Å². The summed E-state index contributed by atoms with van der Waals surface area (Å²) in [6, 6.07) is 13.9. The molecule has 0 aliphatic rings. The number of halogens is 1. The van der Waals surface area contributed by atoms with Gasteiger partial charge in [0.15, 0.2) is 0 Å². The normalized spacial score (nSPS) is 10.2. The van der Waals surface area contributed by atoms with Gasteiger partial charge in [-0.05, 0) is 36.8 Å². The first-order valence-corrected chi connectivity index (χ1v) is 8.48. The number of anilines is 4. The molecular formula is C19H18ClN5O2. The Balaban J connectivity index is 1.68. The van der Waals surface area contributed by atoms with Gasteiger partial charge < -0.3 is 15.4 Å². The molecule has 3 aromatic rings. The summed E-state index contributed by atoms with van der Waals surface area (Å²) in [5.74, 6) is 1.54. The molecule has 0 fully saturated rings. The maximum absolute atomic E-state index is 12.3. The molecule has 2 amide bonds. The van der Waals surface area contributed by atoms with Crippen LogP contribution in [-0.2, 0) is 0 Å². The largest absolute Gasteiger partial charge is 0.497 e. The van der Waals surface area contributed by atoms with Crippen molar-refractivity contribution in [2.75, 3.05) is 23.1 Å². The predicted molar refractivity (Wildman–Crippen MR) is 107 cm³/mol. The molecule has 27 heavy (non-hydrogen) atoms. The highest BCUT2D eigenvalue weighted by atomic mass is 35.5. The number of nitrogens with one attached hydrogen (secondary N) is 3. The number of aryl methyl sites for hydroxylation is 1. The first-order valence-electron chi connectivity index (χ1n) is 8.11. The molecular weight excluding hydrogens is 366 g/mol. The summed E-state index contributed by atoms with van der Waals surface area (Å²) in [4.78, 5) is 20.5. The van der Waals surface area contributed by atoms with E-state index in [0.29, 0.717) is 28.1 Å². The molecule has 0 atom stereocenters. The predicted octanol–water partition coefficient (Wildman–Crippen LogP) is 4.83. The molecule has 0 spiro atoms. The number of carbonyl (C=O) groups is 1. The quantitative estimate of drug-likeness (QED) is 0.587. The minimum absolute atomic E-state index is 0.354. The Bertz CT molecular complexity index is 964. The van der Waals surface area contributed by atoms with Crippen molar-refractivity contribution in [3.8, 4) is 5.75 Å². The number of benzene rings is 2. The van der Waals surface area contributed by atoms with Crippen LogP contribution < -0.4 is 20.7 Å². The summed E-state index contributed by atoms with van der Waals surface area (Å²) in [5.41, 5.74) is 2.35. The lowest BCUT2D eigenvalue weighted by atomic mass is 10.2. The number of hydrogen-bond acceptors (Lipinski definition) is 5. The molecule has 138 valence electrons. The van der Waals surface area contributed by atoms with Crippen LogP contribution >= 0.6 is 11.6 Å². The summed E-state index contributed by atoms with van der Waals surface area (Å²) in [6.45, 7) is 1.90. The van der Waals surface area contributed by atoms with Crippen molar-refractivity contribution in [1.29, 1.82) is 0 Å². The van der Waals surface area contributed by atoms with Crippen LogP contribution in [0, 0.1) is 6.92 Å². The van der Waals surface area contributed by atoms with E-state index in [1.165, 1.54) is 6.33 Å². The SMILES string of the molecule is COc1ccc(C)c(NC(=O)Nc2cc(Nc3cccc(Cl)c3)ncn2)c1. The zero-order chi connectivity index (χ0) is 19.2. The monoisotopic (exact) mass is 383 g/mol. The lowest BCUT2D eigenvalue weighted by Gasteiger charge is -2.11. The summed E-state index contributed by atoms with van der Waals surface area (Å²) in [7, 11) is 1.57. The number of aromatic nitrogens is 2. The van der Waals surface area contributed by atoms with E-state index in [1.807, 2.05) is 31.2 Å². The van der Waals surface area contributed by atoms with E-state index in [2.05, 4.69) is 25.9 Å². The number of carbonyl (C=O) groups excluding carboxylic acids is 1. The lowest BCUT2D eigenvalue weighted by Crippen LogP contribution is -2.20. The molecule has 7 nitrogen and oxygen atoms in total. The van der Waals surface area contributed by atoms with Gasteiger partial charge in [0.25, 0.3) is 0 Å². The maximum Gasteiger partial charge on any atom is 0.324 e. The highest BCUT2D eigenvalue weighted by Gasteiger charge is 2.08. The van der Waals surface area contributed by atoms with Gasteiger partial charge in [-0.3, -0.25) is 5.32 Å². The molecule has 0 radical (unpaired) electrons. The standard InChI is InChI=1S/C19H18ClN5O2/c1-12-6-7-15(27-2)9-16(12)24-19(26)25-18-10-17(21-11-22-18)23-14-5-3-4-13(20)8-14/h3-11H,1-2H3,(H3,21,22,23,24,25,26). The van der Waals surface area contributed by atoms with E-state index in [-0.39, 0.29) is 0 Å². The van der Waals surface area contributed by atoms with Crippen LogP contribution in [0.2, 0.25) is 5.02 Å². The van der Waals surface area contributed by atoms with E-state index in [4.69, 9.17) is 16.3 Å². The highest BCUT2D eigenvalue weighted by molar-refractivity contribution is 6.30. The summed E-state index contributed by atoms with van der Waals surface area (Å²) < 4.78 is 5.18.